The van der Waals surface area contributed by atoms with Gasteiger partial charge < -0.3 is 25.4 Å². The number of piperazine rings is 1. The van der Waals surface area contributed by atoms with Crippen LogP contribution in [0.2, 0.25) is 0 Å². The van der Waals surface area contributed by atoms with Gasteiger partial charge >= 0.3 is 0 Å². The van der Waals surface area contributed by atoms with Gasteiger partial charge in [-0.25, -0.2) is 0 Å². The molecular weight excluding hydrogens is 242 g/mol. The molecule has 0 atom stereocenters. The van der Waals surface area contributed by atoms with Gasteiger partial charge in [0.2, 0.25) is 0 Å². The van der Waals surface area contributed by atoms with E-state index in [0.717, 1.165) is 48.9 Å². The minimum atomic E-state index is 0.0953. The Morgan fingerprint density at radius 1 is 1.26 bits per heavy atom. The van der Waals surface area contributed by atoms with E-state index in [1.54, 1.807) is 7.11 Å². The van der Waals surface area contributed by atoms with Crippen LogP contribution in [-0.4, -0.2) is 56.9 Å². The van der Waals surface area contributed by atoms with Crippen molar-refractivity contribution in [2.75, 3.05) is 57.6 Å². The number of aliphatic hydroxyl groups is 1. The highest BCUT2D eigenvalue weighted by Crippen LogP contribution is 2.36. The summed E-state index contributed by atoms with van der Waals surface area (Å²) < 4.78 is 5.47. The Morgan fingerprint density at radius 3 is 2.53 bits per heavy atom. The fourth-order valence-corrected chi connectivity index (χ4v) is 2.55. The summed E-state index contributed by atoms with van der Waals surface area (Å²) in [6.07, 6.45) is 0.560. The first-order valence-electron chi connectivity index (χ1n) is 6.67. The molecule has 19 heavy (non-hydrogen) atoms. The van der Waals surface area contributed by atoms with Crippen molar-refractivity contribution in [2.45, 2.75) is 6.42 Å². The first-order chi connectivity index (χ1) is 9.17. The van der Waals surface area contributed by atoms with Crippen molar-refractivity contribution < 1.29 is 9.84 Å². The van der Waals surface area contributed by atoms with Gasteiger partial charge in [-0.15, -0.1) is 0 Å². The molecule has 0 saturated carbocycles. The van der Waals surface area contributed by atoms with Crippen molar-refractivity contribution in [1.29, 1.82) is 0 Å². The molecule has 1 heterocycles. The van der Waals surface area contributed by atoms with E-state index < -0.39 is 0 Å². The second kappa shape index (κ2) is 6.12. The van der Waals surface area contributed by atoms with Gasteiger partial charge in [0.25, 0.3) is 0 Å². The largest absolute Gasteiger partial charge is 0.495 e. The number of methoxy groups -OCH3 is 1. The van der Waals surface area contributed by atoms with Crippen LogP contribution in [0.5, 0.6) is 5.75 Å². The molecule has 106 valence electrons. The smallest absolute Gasteiger partial charge is 0.142 e. The van der Waals surface area contributed by atoms with Crippen molar-refractivity contribution in [2.24, 2.45) is 0 Å². The van der Waals surface area contributed by atoms with Gasteiger partial charge in [-0.1, -0.05) is 0 Å². The molecule has 3 N–H and O–H groups in total. The molecule has 1 fully saturated rings. The quantitative estimate of drug-likeness (QED) is 0.779. The number of hydrogen-bond donors (Lipinski definition) is 2. The molecule has 0 aromatic heterocycles. The topological polar surface area (TPSA) is 62.0 Å². The third kappa shape index (κ3) is 2.93. The summed E-state index contributed by atoms with van der Waals surface area (Å²) in [5, 5.41) is 9.25. The van der Waals surface area contributed by atoms with Crippen LogP contribution in [0.3, 0.4) is 0 Å². The van der Waals surface area contributed by atoms with Gasteiger partial charge in [-0.3, -0.25) is 0 Å². The zero-order valence-corrected chi connectivity index (χ0v) is 11.7. The molecule has 5 nitrogen and oxygen atoms in total. The van der Waals surface area contributed by atoms with Crippen LogP contribution in [0, 0.1) is 0 Å². The van der Waals surface area contributed by atoms with Gasteiger partial charge in [0.05, 0.1) is 12.8 Å². The molecule has 1 aromatic carbocycles. The molecule has 2 rings (SSSR count). The molecule has 5 heteroatoms. The van der Waals surface area contributed by atoms with Crippen LogP contribution in [0.1, 0.15) is 5.56 Å². The number of benzene rings is 1. The van der Waals surface area contributed by atoms with Crippen LogP contribution in [-0.2, 0) is 6.42 Å². The lowest BCUT2D eigenvalue weighted by molar-refractivity contribution is 0.298. The Bertz CT molecular complexity index is 429. The van der Waals surface area contributed by atoms with Crippen LogP contribution in [0.25, 0.3) is 0 Å². The highest BCUT2D eigenvalue weighted by Gasteiger charge is 2.21. The van der Waals surface area contributed by atoms with E-state index in [0.29, 0.717) is 6.42 Å². The molecule has 0 bridgehead atoms. The third-order valence-corrected chi connectivity index (χ3v) is 3.68. The molecule has 1 saturated heterocycles. The van der Waals surface area contributed by atoms with Crippen molar-refractivity contribution in [3.05, 3.63) is 17.7 Å². The van der Waals surface area contributed by atoms with E-state index in [-0.39, 0.29) is 6.61 Å². The number of hydrogen-bond acceptors (Lipinski definition) is 5. The molecular formula is C14H23N3O2. The molecule has 0 radical (unpaired) electrons. The minimum absolute atomic E-state index is 0.0953. The van der Waals surface area contributed by atoms with Crippen LogP contribution < -0.4 is 15.4 Å². The highest BCUT2D eigenvalue weighted by atomic mass is 16.5. The molecule has 0 unspecified atom stereocenters. The first kappa shape index (κ1) is 14.0. The Labute approximate surface area is 114 Å². The van der Waals surface area contributed by atoms with Gasteiger partial charge in [0.15, 0.2) is 0 Å². The summed E-state index contributed by atoms with van der Waals surface area (Å²) in [5.74, 6) is 0.835. The minimum Gasteiger partial charge on any atom is -0.495 e. The van der Waals surface area contributed by atoms with Gasteiger partial charge in [-0.05, 0) is 25.6 Å². The zero-order chi connectivity index (χ0) is 13.8. The van der Waals surface area contributed by atoms with Crippen LogP contribution in [0.4, 0.5) is 11.4 Å². The summed E-state index contributed by atoms with van der Waals surface area (Å²) in [4.78, 5) is 4.61. The van der Waals surface area contributed by atoms with Crippen molar-refractivity contribution >= 4 is 11.4 Å². The number of anilines is 2. The second-order valence-electron chi connectivity index (χ2n) is 4.95. The number of rotatable bonds is 4. The number of nitrogens with zero attached hydrogens (tertiary/aromatic N) is 2. The Hall–Kier alpha value is -1.46. The molecule has 0 amide bonds. The summed E-state index contributed by atoms with van der Waals surface area (Å²) in [7, 11) is 3.80. The predicted octanol–water partition coefficient (Wildman–Crippen LogP) is 0.564. The Kier molecular flexibility index (Phi) is 4.50. The molecule has 1 aliphatic rings. The fourth-order valence-electron chi connectivity index (χ4n) is 2.55. The molecule has 1 aliphatic heterocycles. The molecule has 0 aliphatic carbocycles. The van der Waals surface area contributed by atoms with E-state index in [9.17, 15) is 5.11 Å². The monoisotopic (exact) mass is 265 g/mol. The number of ether oxygens (including phenoxy) is 1. The van der Waals surface area contributed by atoms with Crippen LogP contribution >= 0.6 is 0 Å². The number of aliphatic hydroxyl groups excluding tert-OH is 1. The summed E-state index contributed by atoms with van der Waals surface area (Å²) in [6, 6.07) is 3.76. The zero-order valence-electron chi connectivity index (χ0n) is 11.7. The summed E-state index contributed by atoms with van der Waals surface area (Å²) in [6.45, 7) is 4.05. The lowest BCUT2D eigenvalue weighted by atomic mass is 10.0. The highest BCUT2D eigenvalue weighted by molar-refractivity contribution is 5.72. The van der Waals surface area contributed by atoms with Crippen LogP contribution in [0.15, 0.2) is 12.1 Å². The lowest BCUT2D eigenvalue weighted by Gasteiger charge is -2.36. The normalized spacial score (nSPS) is 16.7. The van der Waals surface area contributed by atoms with E-state index in [4.69, 9.17) is 10.5 Å². The van der Waals surface area contributed by atoms with Crippen molar-refractivity contribution in [1.82, 2.24) is 4.90 Å². The first-order valence-corrected chi connectivity index (χ1v) is 6.67. The average molecular weight is 265 g/mol. The van der Waals surface area contributed by atoms with Gasteiger partial charge in [0.1, 0.15) is 5.75 Å². The maximum absolute atomic E-state index is 9.25. The SMILES string of the molecule is COc1ccc(N)c(CCO)c1N1CCN(C)CC1. The Morgan fingerprint density at radius 2 is 1.95 bits per heavy atom. The van der Waals surface area contributed by atoms with E-state index >= 15 is 0 Å². The van der Waals surface area contributed by atoms with E-state index in [1.165, 1.54) is 0 Å². The van der Waals surface area contributed by atoms with E-state index in [2.05, 4.69) is 16.8 Å². The van der Waals surface area contributed by atoms with Gasteiger partial charge in [-0.2, -0.15) is 0 Å². The fraction of sp³-hybridized carbons (Fsp3) is 0.571. The molecule has 1 aromatic rings. The number of nitrogen functional groups attached to an aromatic ring is 1. The third-order valence-electron chi connectivity index (χ3n) is 3.68. The number of nitrogens with two attached hydrogens (primary N) is 1. The maximum atomic E-state index is 9.25. The van der Waals surface area contributed by atoms with Crippen molar-refractivity contribution in [3.63, 3.8) is 0 Å². The maximum Gasteiger partial charge on any atom is 0.142 e. The second-order valence-corrected chi connectivity index (χ2v) is 4.95. The lowest BCUT2D eigenvalue weighted by Crippen LogP contribution is -2.45. The summed E-state index contributed by atoms with van der Waals surface area (Å²) in [5.41, 5.74) is 8.82. The number of likely N-dealkylation sites (N-methyl/N-ethyl adjacent to an activating group) is 1. The average Bonchev–Trinajstić information content (AvgIpc) is 2.42. The van der Waals surface area contributed by atoms with E-state index in [1.807, 2.05) is 12.1 Å². The standard InChI is InChI=1S/C14H23N3O2/c1-16-6-8-17(9-7-16)14-11(5-10-18)12(15)3-4-13(14)19-2/h3-4,18H,5-10,15H2,1-2H3. The predicted molar refractivity (Wildman–Crippen MR) is 77.9 cm³/mol. The Balaban J connectivity index is 2.37. The van der Waals surface area contributed by atoms with Crippen molar-refractivity contribution in [3.8, 4) is 5.75 Å². The summed E-state index contributed by atoms with van der Waals surface area (Å²) >= 11 is 0. The molecule has 0 spiro atoms. The van der Waals surface area contributed by atoms with Gasteiger partial charge in [0, 0.05) is 44.0 Å².